The van der Waals surface area contributed by atoms with Gasteiger partial charge in [-0.05, 0) is 43.4 Å². The Kier molecular flexibility index (Phi) is 4.72. The lowest BCUT2D eigenvalue weighted by Crippen LogP contribution is -2.12. The highest BCUT2D eigenvalue weighted by Crippen LogP contribution is 2.43. The van der Waals surface area contributed by atoms with Crippen LogP contribution in [0, 0.1) is 22.7 Å². The molecule has 3 aromatic rings. The Morgan fingerprint density at radius 1 is 1.29 bits per heavy atom. The third-order valence-corrected chi connectivity index (χ3v) is 5.26. The molecule has 0 amide bonds. The smallest absolute Gasteiger partial charge is 0.247 e. The van der Waals surface area contributed by atoms with E-state index in [1.165, 1.54) is 17.1 Å². The fourth-order valence-corrected chi connectivity index (χ4v) is 3.55. The number of aromatic nitrogens is 4. The van der Waals surface area contributed by atoms with E-state index >= 15 is 0 Å². The van der Waals surface area contributed by atoms with Gasteiger partial charge < -0.3 is 10.6 Å². The predicted molar refractivity (Wildman–Crippen MR) is 106 cm³/mol. The molecule has 1 aliphatic rings. The standard InChI is InChI=1S/C19H17ClN8/c1-2-23-17-18-24-10-13(9-22)28(18)27-19(26-17)25-15-7-11(8-21)6-14(16(15)20)12-4-3-5-12/h6-7,10,12H,2-5H2,1H3,(H2,23,25,26,27). The van der Waals surface area contributed by atoms with Crippen LogP contribution >= 0.6 is 11.6 Å². The summed E-state index contributed by atoms with van der Waals surface area (Å²) in [6.07, 6.45) is 4.76. The van der Waals surface area contributed by atoms with Crippen LogP contribution in [0.3, 0.4) is 0 Å². The van der Waals surface area contributed by atoms with Gasteiger partial charge in [0.25, 0.3) is 0 Å². The molecule has 0 aliphatic heterocycles. The highest BCUT2D eigenvalue weighted by atomic mass is 35.5. The summed E-state index contributed by atoms with van der Waals surface area (Å²) in [4.78, 5) is 8.68. The highest BCUT2D eigenvalue weighted by molar-refractivity contribution is 6.34. The normalized spacial score (nSPS) is 13.6. The van der Waals surface area contributed by atoms with Crippen molar-refractivity contribution in [2.75, 3.05) is 17.2 Å². The minimum Gasteiger partial charge on any atom is -0.367 e. The molecule has 8 nitrogen and oxygen atoms in total. The number of hydrogen-bond donors (Lipinski definition) is 2. The monoisotopic (exact) mass is 392 g/mol. The van der Waals surface area contributed by atoms with Crippen LogP contribution in [-0.2, 0) is 0 Å². The zero-order valence-corrected chi connectivity index (χ0v) is 16.0. The molecule has 0 atom stereocenters. The first-order chi connectivity index (χ1) is 13.6. The zero-order valence-electron chi connectivity index (χ0n) is 15.2. The molecule has 1 aromatic carbocycles. The Labute approximate surface area is 166 Å². The van der Waals surface area contributed by atoms with Crippen LogP contribution < -0.4 is 10.6 Å². The maximum Gasteiger partial charge on any atom is 0.247 e. The Morgan fingerprint density at radius 3 is 2.75 bits per heavy atom. The van der Waals surface area contributed by atoms with Gasteiger partial charge in [-0.2, -0.15) is 20.0 Å². The summed E-state index contributed by atoms with van der Waals surface area (Å²) >= 11 is 6.64. The van der Waals surface area contributed by atoms with E-state index in [0.717, 1.165) is 18.4 Å². The van der Waals surface area contributed by atoms with Crippen LogP contribution in [0.25, 0.3) is 5.65 Å². The van der Waals surface area contributed by atoms with Crippen LogP contribution in [0.2, 0.25) is 5.02 Å². The molecule has 1 aliphatic carbocycles. The predicted octanol–water partition coefficient (Wildman–Crippen LogP) is 3.96. The van der Waals surface area contributed by atoms with Gasteiger partial charge in [-0.25, -0.2) is 4.98 Å². The first-order valence-corrected chi connectivity index (χ1v) is 9.42. The molecule has 4 rings (SSSR count). The molecule has 0 unspecified atom stereocenters. The van der Waals surface area contributed by atoms with Crippen LogP contribution in [-0.4, -0.2) is 26.1 Å². The van der Waals surface area contributed by atoms with E-state index in [9.17, 15) is 10.5 Å². The quantitative estimate of drug-likeness (QED) is 0.675. The summed E-state index contributed by atoms with van der Waals surface area (Å²) in [6.45, 7) is 2.58. The molecule has 2 N–H and O–H groups in total. The number of fused-ring (bicyclic) bond motifs is 1. The van der Waals surface area contributed by atoms with Crippen molar-refractivity contribution < 1.29 is 0 Å². The molecule has 2 heterocycles. The van der Waals surface area contributed by atoms with Crippen molar-refractivity contribution in [3.63, 3.8) is 0 Å². The molecule has 0 saturated heterocycles. The SMILES string of the molecule is CCNc1nc(Nc2cc(C#N)cc(C3CCC3)c2Cl)nn2c(C#N)cnc12. The summed E-state index contributed by atoms with van der Waals surface area (Å²) in [5, 5.41) is 29.9. The van der Waals surface area contributed by atoms with Gasteiger partial charge in [0.1, 0.15) is 6.07 Å². The first kappa shape index (κ1) is 18.0. The molecule has 28 heavy (non-hydrogen) atoms. The molecule has 0 spiro atoms. The van der Waals surface area contributed by atoms with Gasteiger partial charge in [0.15, 0.2) is 17.2 Å². The summed E-state index contributed by atoms with van der Waals surface area (Å²) in [5.74, 6) is 1.14. The molecule has 9 heteroatoms. The highest BCUT2D eigenvalue weighted by Gasteiger charge is 2.24. The third kappa shape index (κ3) is 3.08. The minimum absolute atomic E-state index is 0.259. The summed E-state index contributed by atoms with van der Waals surface area (Å²) in [6, 6.07) is 7.79. The zero-order chi connectivity index (χ0) is 19.7. The largest absolute Gasteiger partial charge is 0.367 e. The second kappa shape index (κ2) is 7.34. The fraction of sp³-hybridized carbons (Fsp3) is 0.316. The lowest BCUT2D eigenvalue weighted by atomic mass is 9.79. The average Bonchev–Trinajstić information content (AvgIpc) is 3.07. The van der Waals surface area contributed by atoms with Crippen LogP contribution in [0.5, 0.6) is 0 Å². The Balaban J connectivity index is 1.79. The average molecular weight is 393 g/mol. The lowest BCUT2D eigenvalue weighted by molar-refractivity contribution is 0.420. The number of anilines is 3. The van der Waals surface area contributed by atoms with Crippen LogP contribution in [0.1, 0.15) is 48.9 Å². The lowest BCUT2D eigenvalue weighted by Gasteiger charge is -2.27. The number of imidazole rings is 1. The van der Waals surface area contributed by atoms with Gasteiger partial charge in [-0.15, -0.1) is 5.10 Å². The maximum atomic E-state index is 9.40. The van der Waals surface area contributed by atoms with E-state index in [4.69, 9.17) is 11.6 Å². The number of benzene rings is 1. The Hall–Kier alpha value is -3.36. The number of halogens is 1. The van der Waals surface area contributed by atoms with Crippen molar-refractivity contribution >= 4 is 34.7 Å². The molecule has 0 bridgehead atoms. The summed E-state index contributed by atoms with van der Waals surface area (Å²) < 4.78 is 1.43. The molecule has 0 radical (unpaired) electrons. The van der Waals surface area contributed by atoms with Crippen molar-refractivity contribution in [2.24, 2.45) is 0 Å². The van der Waals surface area contributed by atoms with Crippen molar-refractivity contribution in [1.82, 2.24) is 19.6 Å². The van der Waals surface area contributed by atoms with Gasteiger partial charge in [0.2, 0.25) is 5.95 Å². The van der Waals surface area contributed by atoms with Crippen LogP contribution in [0.4, 0.5) is 17.5 Å². The summed E-state index contributed by atoms with van der Waals surface area (Å²) in [7, 11) is 0. The number of nitriles is 2. The molecule has 1 saturated carbocycles. The van der Waals surface area contributed by atoms with Gasteiger partial charge >= 0.3 is 0 Å². The third-order valence-electron chi connectivity index (χ3n) is 4.84. The van der Waals surface area contributed by atoms with Crippen molar-refractivity contribution in [1.29, 1.82) is 10.5 Å². The van der Waals surface area contributed by atoms with E-state index in [-0.39, 0.29) is 5.95 Å². The van der Waals surface area contributed by atoms with E-state index in [1.807, 2.05) is 13.0 Å². The van der Waals surface area contributed by atoms with Crippen molar-refractivity contribution in [2.45, 2.75) is 32.1 Å². The van der Waals surface area contributed by atoms with Crippen molar-refractivity contribution in [3.05, 3.63) is 40.2 Å². The summed E-state index contributed by atoms with van der Waals surface area (Å²) in [5.41, 5.74) is 2.84. The Morgan fingerprint density at radius 2 is 2.11 bits per heavy atom. The van der Waals surface area contributed by atoms with Crippen molar-refractivity contribution in [3.8, 4) is 12.1 Å². The molecular weight excluding hydrogens is 376 g/mol. The van der Waals surface area contributed by atoms with E-state index in [1.54, 1.807) is 6.07 Å². The fourth-order valence-electron chi connectivity index (χ4n) is 3.24. The van der Waals surface area contributed by atoms with E-state index in [2.05, 4.69) is 37.8 Å². The first-order valence-electron chi connectivity index (χ1n) is 9.05. The molecule has 1 fully saturated rings. The van der Waals surface area contributed by atoms with Crippen LogP contribution in [0.15, 0.2) is 18.3 Å². The maximum absolute atomic E-state index is 9.40. The molecular formula is C19H17ClN8. The number of rotatable bonds is 5. The van der Waals surface area contributed by atoms with Gasteiger partial charge in [-0.3, -0.25) is 0 Å². The minimum atomic E-state index is 0.259. The molecule has 140 valence electrons. The topological polar surface area (TPSA) is 115 Å². The molecule has 2 aromatic heterocycles. The van der Waals surface area contributed by atoms with Gasteiger partial charge in [0, 0.05) is 6.54 Å². The van der Waals surface area contributed by atoms with Gasteiger partial charge in [-0.1, -0.05) is 18.0 Å². The van der Waals surface area contributed by atoms with Gasteiger partial charge in [0.05, 0.1) is 28.5 Å². The number of nitrogens with one attached hydrogen (secondary N) is 2. The second-order valence-corrected chi connectivity index (χ2v) is 6.97. The number of hydrogen-bond acceptors (Lipinski definition) is 7. The number of nitrogens with zero attached hydrogens (tertiary/aromatic N) is 6. The van der Waals surface area contributed by atoms with E-state index in [0.29, 0.717) is 45.9 Å². The second-order valence-electron chi connectivity index (χ2n) is 6.60. The Bertz CT molecular complexity index is 1130. The van der Waals surface area contributed by atoms with E-state index < -0.39 is 0 Å².